The van der Waals surface area contributed by atoms with E-state index in [4.69, 9.17) is 16.3 Å². The van der Waals surface area contributed by atoms with Gasteiger partial charge in [0.25, 0.3) is 5.91 Å². The first-order valence-corrected chi connectivity index (χ1v) is 5.63. The number of carbonyl (C=O) groups excluding carboxylic acids is 1. The van der Waals surface area contributed by atoms with Gasteiger partial charge in [0.2, 0.25) is 0 Å². The SMILES string of the molecule is COc1ccc(C(=O)NCCC(C)Cl)cc1. The second-order valence-corrected chi connectivity index (χ2v) is 4.30. The van der Waals surface area contributed by atoms with E-state index in [2.05, 4.69) is 5.32 Å². The standard InChI is InChI=1S/C12H16ClNO2/c1-9(13)7-8-14-12(15)10-3-5-11(16-2)6-4-10/h3-6,9H,7-8H2,1-2H3,(H,14,15). The largest absolute Gasteiger partial charge is 0.497 e. The number of nitrogens with one attached hydrogen (secondary N) is 1. The van der Waals surface area contributed by atoms with E-state index in [1.54, 1.807) is 31.4 Å². The molecule has 0 aliphatic heterocycles. The minimum atomic E-state index is -0.0834. The van der Waals surface area contributed by atoms with Crippen molar-refractivity contribution in [2.45, 2.75) is 18.7 Å². The molecule has 0 bridgehead atoms. The predicted octanol–water partition coefficient (Wildman–Crippen LogP) is 2.44. The summed E-state index contributed by atoms with van der Waals surface area (Å²) in [6.45, 7) is 2.50. The van der Waals surface area contributed by atoms with E-state index in [0.29, 0.717) is 12.1 Å². The van der Waals surface area contributed by atoms with Crippen molar-refractivity contribution in [2.24, 2.45) is 0 Å². The van der Waals surface area contributed by atoms with Crippen molar-refractivity contribution in [1.29, 1.82) is 0 Å². The molecule has 1 amide bonds. The Morgan fingerprint density at radius 1 is 1.44 bits per heavy atom. The molecule has 4 heteroatoms. The van der Waals surface area contributed by atoms with Crippen LogP contribution in [-0.2, 0) is 0 Å². The topological polar surface area (TPSA) is 38.3 Å². The molecular weight excluding hydrogens is 226 g/mol. The summed E-state index contributed by atoms with van der Waals surface area (Å²) in [5.41, 5.74) is 0.628. The zero-order chi connectivity index (χ0) is 12.0. The van der Waals surface area contributed by atoms with Crippen LogP contribution in [0.2, 0.25) is 0 Å². The molecule has 0 spiro atoms. The number of carbonyl (C=O) groups is 1. The molecule has 0 aliphatic rings. The molecular formula is C12H16ClNO2. The highest BCUT2D eigenvalue weighted by molar-refractivity contribution is 6.20. The maximum Gasteiger partial charge on any atom is 0.251 e. The molecule has 0 fully saturated rings. The Bertz CT molecular complexity index is 335. The molecule has 88 valence electrons. The second kappa shape index (κ2) is 6.38. The van der Waals surface area contributed by atoms with Crippen molar-refractivity contribution in [3.8, 4) is 5.75 Å². The monoisotopic (exact) mass is 241 g/mol. The van der Waals surface area contributed by atoms with Crippen LogP contribution in [0.25, 0.3) is 0 Å². The number of ether oxygens (including phenoxy) is 1. The van der Waals surface area contributed by atoms with Gasteiger partial charge in [0.15, 0.2) is 0 Å². The number of hydrogen-bond acceptors (Lipinski definition) is 2. The molecule has 0 heterocycles. The Morgan fingerprint density at radius 2 is 2.06 bits per heavy atom. The summed E-state index contributed by atoms with van der Waals surface area (Å²) >= 11 is 5.78. The van der Waals surface area contributed by atoms with Crippen molar-refractivity contribution >= 4 is 17.5 Å². The Morgan fingerprint density at radius 3 is 2.56 bits per heavy atom. The molecule has 0 aliphatic carbocycles. The average Bonchev–Trinajstić information content (AvgIpc) is 2.28. The van der Waals surface area contributed by atoms with Crippen molar-refractivity contribution < 1.29 is 9.53 Å². The van der Waals surface area contributed by atoms with Gasteiger partial charge >= 0.3 is 0 Å². The smallest absolute Gasteiger partial charge is 0.251 e. The highest BCUT2D eigenvalue weighted by Gasteiger charge is 2.05. The normalized spacial score (nSPS) is 11.9. The minimum Gasteiger partial charge on any atom is -0.497 e. The maximum absolute atomic E-state index is 11.6. The van der Waals surface area contributed by atoms with Crippen LogP contribution in [0.5, 0.6) is 5.75 Å². The number of halogens is 1. The summed E-state index contributed by atoms with van der Waals surface area (Å²) < 4.78 is 5.01. The van der Waals surface area contributed by atoms with E-state index in [-0.39, 0.29) is 11.3 Å². The lowest BCUT2D eigenvalue weighted by Gasteiger charge is -2.06. The van der Waals surface area contributed by atoms with Gasteiger partial charge in [-0.25, -0.2) is 0 Å². The summed E-state index contributed by atoms with van der Waals surface area (Å²) in [6.07, 6.45) is 0.767. The number of rotatable bonds is 5. The number of benzene rings is 1. The molecule has 1 atom stereocenters. The minimum absolute atomic E-state index is 0.0798. The van der Waals surface area contributed by atoms with Crippen molar-refractivity contribution in [1.82, 2.24) is 5.32 Å². The Balaban J connectivity index is 2.46. The first kappa shape index (κ1) is 12.8. The van der Waals surface area contributed by atoms with Crippen LogP contribution in [0.1, 0.15) is 23.7 Å². The van der Waals surface area contributed by atoms with Crippen LogP contribution in [0.15, 0.2) is 24.3 Å². The molecule has 1 rings (SSSR count). The molecule has 1 aromatic rings. The van der Waals surface area contributed by atoms with Crippen LogP contribution in [0, 0.1) is 0 Å². The first-order valence-electron chi connectivity index (χ1n) is 5.20. The molecule has 0 radical (unpaired) electrons. The number of amides is 1. The summed E-state index contributed by atoms with van der Waals surface area (Å²) in [6, 6.07) is 6.99. The lowest BCUT2D eigenvalue weighted by Crippen LogP contribution is -2.25. The van der Waals surface area contributed by atoms with Gasteiger partial charge in [-0.3, -0.25) is 4.79 Å². The van der Waals surface area contributed by atoms with E-state index in [9.17, 15) is 4.79 Å². The molecule has 0 saturated carbocycles. The molecule has 0 saturated heterocycles. The fraction of sp³-hybridized carbons (Fsp3) is 0.417. The van der Waals surface area contributed by atoms with Crippen molar-refractivity contribution in [3.63, 3.8) is 0 Å². The summed E-state index contributed by atoms with van der Waals surface area (Å²) in [5, 5.41) is 2.88. The maximum atomic E-state index is 11.6. The average molecular weight is 242 g/mol. The van der Waals surface area contributed by atoms with Crippen molar-refractivity contribution in [3.05, 3.63) is 29.8 Å². The van der Waals surface area contributed by atoms with Crippen LogP contribution >= 0.6 is 11.6 Å². The summed E-state index contributed by atoms with van der Waals surface area (Å²) in [4.78, 5) is 11.6. The molecule has 1 unspecified atom stereocenters. The van der Waals surface area contributed by atoms with Gasteiger partial charge in [-0.15, -0.1) is 11.6 Å². The molecule has 16 heavy (non-hydrogen) atoms. The summed E-state index contributed by atoms with van der Waals surface area (Å²) in [7, 11) is 1.59. The zero-order valence-corrected chi connectivity index (χ0v) is 10.3. The van der Waals surface area contributed by atoms with E-state index in [0.717, 1.165) is 12.2 Å². The zero-order valence-electron chi connectivity index (χ0n) is 9.50. The third kappa shape index (κ3) is 4.11. The van der Waals surface area contributed by atoms with Gasteiger partial charge in [-0.05, 0) is 37.6 Å². The van der Waals surface area contributed by atoms with Gasteiger partial charge in [-0.2, -0.15) is 0 Å². The van der Waals surface area contributed by atoms with E-state index in [1.165, 1.54) is 0 Å². The second-order valence-electron chi connectivity index (χ2n) is 3.55. The lowest BCUT2D eigenvalue weighted by atomic mass is 10.2. The predicted molar refractivity (Wildman–Crippen MR) is 65.3 cm³/mol. The van der Waals surface area contributed by atoms with Crippen LogP contribution in [0.4, 0.5) is 0 Å². The van der Waals surface area contributed by atoms with E-state index >= 15 is 0 Å². The molecule has 0 aromatic heterocycles. The molecule has 1 aromatic carbocycles. The van der Waals surface area contributed by atoms with E-state index in [1.807, 2.05) is 6.92 Å². The fourth-order valence-corrected chi connectivity index (χ4v) is 1.34. The number of alkyl halides is 1. The fourth-order valence-electron chi connectivity index (χ4n) is 1.23. The first-order chi connectivity index (χ1) is 7.63. The third-order valence-corrected chi connectivity index (χ3v) is 2.40. The van der Waals surface area contributed by atoms with Crippen molar-refractivity contribution in [2.75, 3.05) is 13.7 Å². The lowest BCUT2D eigenvalue weighted by molar-refractivity contribution is 0.0953. The summed E-state index contributed by atoms with van der Waals surface area (Å²) in [5.74, 6) is 0.658. The van der Waals surface area contributed by atoms with Crippen LogP contribution in [0.3, 0.4) is 0 Å². The molecule has 3 nitrogen and oxygen atoms in total. The quantitative estimate of drug-likeness (QED) is 0.805. The highest BCUT2D eigenvalue weighted by atomic mass is 35.5. The highest BCUT2D eigenvalue weighted by Crippen LogP contribution is 2.11. The number of methoxy groups -OCH3 is 1. The Kier molecular flexibility index (Phi) is 5.12. The third-order valence-electron chi connectivity index (χ3n) is 2.18. The van der Waals surface area contributed by atoms with Gasteiger partial charge in [0.1, 0.15) is 5.75 Å². The number of hydrogen-bond donors (Lipinski definition) is 1. The van der Waals surface area contributed by atoms with Gasteiger partial charge in [0, 0.05) is 17.5 Å². The van der Waals surface area contributed by atoms with Gasteiger partial charge in [0.05, 0.1) is 7.11 Å². The van der Waals surface area contributed by atoms with Crippen LogP contribution in [-0.4, -0.2) is 24.9 Å². The molecule has 1 N–H and O–H groups in total. The van der Waals surface area contributed by atoms with E-state index < -0.39 is 0 Å². The Hall–Kier alpha value is -1.22. The Labute approximate surface area is 101 Å². The van der Waals surface area contributed by atoms with Gasteiger partial charge in [-0.1, -0.05) is 0 Å². The van der Waals surface area contributed by atoms with Gasteiger partial charge < -0.3 is 10.1 Å². The van der Waals surface area contributed by atoms with Crippen LogP contribution < -0.4 is 10.1 Å².